The molecule has 0 N–H and O–H groups in total. The van der Waals surface area contributed by atoms with Crippen LogP contribution in [-0.4, -0.2) is 39.0 Å². The third kappa shape index (κ3) is 4.22. The normalized spacial score (nSPS) is 23.8. The average molecular weight is 228 g/mol. The first-order chi connectivity index (χ1) is 7.95. The van der Waals surface area contributed by atoms with Gasteiger partial charge in [-0.25, -0.2) is 0 Å². The first kappa shape index (κ1) is 12.0. The van der Waals surface area contributed by atoms with Crippen LogP contribution in [0.15, 0.2) is 12.2 Å². The average Bonchev–Trinajstić information content (AvgIpc) is 2.96. The summed E-state index contributed by atoms with van der Waals surface area (Å²) in [6.07, 6.45) is 8.32. The molecule has 2 rings (SSSR count). The molecule has 2 saturated heterocycles. The molecule has 0 amide bonds. The third-order valence-corrected chi connectivity index (χ3v) is 2.69. The predicted molar refractivity (Wildman–Crippen MR) is 59.0 cm³/mol. The van der Waals surface area contributed by atoms with Crippen LogP contribution < -0.4 is 0 Å². The van der Waals surface area contributed by atoms with Crippen molar-refractivity contribution >= 4 is 0 Å². The van der Waals surface area contributed by atoms with Gasteiger partial charge in [-0.2, -0.15) is 0 Å². The quantitative estimate of drug-likeness (QED) is 0.650. The number of ether oxygens (including phenoxy) is 4. The first-order valence-electron chi connectivity index (χ1n) is 6.06. The Morgan fingerprint density at radius 2 is 1.06 bits per heavy atom. The second-order valence-corrected chi connectivity index (χ2v) is 3.97. The van der Waals surface area contributed by atoms with Gasteiger partial charge in [-0.15, -0.1) is 0 Å². The van der Waals surface area contributed by atoms with E-state index in [4.69, 9.17) is 18.9 Å². The van der Waals surface area contributed by atoms with Gasteiger partial charge < -0.3 is 18.9 Å². The zero-order chi connectivity index (χ0) is 11.1. The standard InChI is InChI=1S/C12H20O4/c1(3-5-11-13-7-8-14-11)2-4-6-12-15-9-10-16-12/h1-2,11-12H,3-10H2. The molecule has 0 bridgehead atoms. The molecule has 2 heterocycles. The molecule has 0 saturated carbocycles. The Morgan fingerprint density at radius 3 is 1.44 bits per heavy atom. The Hall–Kier alpha value is -0.420. The Balaban J connectivity index is 1.45. The zero-order valence-corrected chi connectivity index (χ0v) is 9.60. The van der Waals surface area contributed by atoms with Crippen molar-refractivity contribution in [3.05, 3.63) is 12.2 Å². The fourth-order valence-corrected chi connectivity index (χ4v) is 1.85. The minimum Gasteiger partial charge on any atom is -0.350 e. The van der Waals surface area contributed by atoms with Crippen LogP contribution >= 0.6 is 0 Å². The van der Waals surface area contributed by atoms with Crippen molar-refractivity contribution in [1.29, 1.82) is 0 Å². The maximum Gasteiger partial charge on any atom is 0.158 e. The Bertz CT molecular complexity index is 183. The molecule has 0 aromatic carbocycles. The minimum absolute atomic E-state index is 0.0196. The van der Waals surface area contributed by atoms with E-state index in [1.165, 1.54) is 0 Å². The second kappa shape index (κ2) is 7.01. The summed E-state index contributed by atoms with van der Waals surface area (Å²) in [6.45, 7) is 2.96. The lowest BCUT2D eigenvalue weighted by molar-refractivity contribution is -0.0466. The molecule has 2 aliphatic heterocycles. The molecule has 16 heavy (non-hydrogen) atoms. The van der Waals surface area contributed by atoms with Gasteiger partial charge in [-0.1, -0.05) is 12.2 Å². The summed E-state index contributed by atoms with van der Waals surface area (Å²) in [4.78, 5) is 0. The molecule has 0 spiro atoms. The Kier molecular flexibility index (Phi) is 5.28. The summed E-state index contributed by atoms with van der Waals surface area (Å²) >= 11 is 0. The van der Waals surface area contributed by atoms with E-state index in [2.05, 4.69) is 12.2 Å². The van der Waals surface area contributed by atoms with E-state index < -0.39 is 0 Å². The first-order valence-corrected chi connectivity index (χ1v) is 6.06. The van der Waals surface area contributed by atoms with Gasteiger partial charge in [0.1, 0.15) is 0 Å². The highest BCUT2D eigenvalue weighted by Crippen LogP contribution is 2.12. The second-order valence-electron chi connectivity index (χ2n) is 3.97. The maximum atomic E-state index is 5.34. The van der Waals surface area contributed by atoms with Crippen LogP contribution in [0.2, 0.25) is 0 Å². The smallest absolute Gasteiger partial charge is 0.158 e. The molecule has 2 aliphatic rings. The van der Waals surface area contributed by atoms with Crippen LogP contribution in [0, 0.1) is 0 Å². The highest BCUT2D eigenvalue weighted by molar-refractivity contribution is 4.82. The van der Waals surface area contributed by atoms with E-state index in [0.29, 0.717) is 0 Å². The van der Waals surface area contributed by atoms with E-state index >= 15 is 0 Å². The fourth-order valence-electron chi connectivity index (χ4n) is 1.85. The molecular formula is C12H20O4. The lowest BCUT2D eigenvalue weighted by Gasteiger charge is -2.06. The van der Waals surface area contributed by atoms with Crippen molar-refractivity contribution < 1.29 is 18.9 Å². The number of rotatable bonds is 6. The van der Waals surface area contributed by atoms with Crippen molar-refractivity contribution in [3.63, 3.8) is 0 Å². The number of hydrogen-bond donors (Lipinski definition) is 0. The predicted octanol–water partition coefficient (Wildman–Crippen LogP) is 1.85. The molecule has 0 aromatic heterocycles. The zero-order valence-electron chi connectivity index (χ0n) is 9.60. The fraction of sp³-hybridized carbons (Fsp3) is 0.833. The monoisotopic (exact) mass is 228 g/mol. The van der Waals surface area contributed by atoms with Crippen LogP contribution in [0.4, 0.5) is 0 Å². The van der Waals surface area contributed by atoms with Crippen LogP contribution in [0.5, 0.6) is 0 Å². The summed E-state index contributed by atoms with van der Waals surface area (Å²) in [5.41, 5.74) is 0. The van der Waals surface area contributed by atoms with E-state index in [1.54, 1.807) is 0 Å². The third-order valence-electron chi connectivity index (χ3n) is 2.69. The molecule has 92 valence electrons. The molecule has 0 radical (unpaired) electrons. The molecule has 0 aromatic rings. The van der Waals surface area contributed by atoms with Crippen molar-refractivity contribution in [2.24, 2.45) is 0 Å². The van der Waals surface area contributed by atoms with Gasteiger partial charge in [-0.3, -0.25) is 0 Å². The Labute approximate surface area is 96.5 Å². The van der Waals surface area contributed by atoms with Gasteiger partial charge >= 0.3 is 0 Å². The summed E-state index contributed by atoms with van der Waals surface area (Å²) in [5.74, 6) is 0. The lowest BCUT2D eigenvalue weighted by Crippen LogP contribution is -2.06. The van der Waals surface area contributed by atoms with Crippen LogP contribution in [0.3, 0.4) is 0 Å². The van der Waals surface area contributed by atoms with E-state index in [9.17, 15) is 0 Å². The van der Waals surface area contributed by atoms with Gasteiger partial charge in [0.2, 0.25) is 0 Å². The van der Waals surface area contributed by atoms with Crippen LogP contribution in [-0.2, 0) is 18.9 Å². The van der Waals surface area contributed by atoms with Crippen LogP contribution in [0.1, 0.15) is 25.7 Å². The highest BCUT2D eigenvalue weighted by atomic mass is 16.7. The van der Waals surface area contributed by atoms with E-state index in [1.807, 2.05) is 0 Å². The van der Waals surface area contributed by atoms with Crippen molar-refractivity contribution in [2.75, 3.05) is 26.4 Å². The van der Waals surface area contributed by atoms with Gasteiger partial charge in [-0.05, 0) is 12.8 Å². The van der Waals surface area contributed by atoms with Gasteiger partial charge in [0.05, 0.1) is 26.4 Å². The van der Waals surface area contributed by atoms with Gasteiger partial charge in [0, 0.05) is 12.8 Å². The summed E-state index contributed by atoms with van der Waals surface area (Å²) < 4.78 is 21.4. The minimum atomic E-state index is 0.0196. The van der Waals surface area contributed by atoms with Crippen LogP contribution in [0.25, 0.3) is 0 Å². The summed E-state index contributed by atoms with van der Waals surface area (Å²) in [7, 11) is 0. The Morgan fingerprint density at radius 1 is 0.688 bits per heavy atom. The summed E-state index contributed by atoms with van der Waals surface area (Å²) in [6, 6.07) is 0. The maximum absolute atomic E-state index is 5.34. The summed E-state index contributed by atoms with van der Waals surface area (Å²) in [5, 5.41) is 0. The van der Waals surface area contributed by atoms with Gasteiger partial charge in [0.25, 0.3) is 0 Å². The van der Waals surface area contributed by atoms with Crippen molar-refractivity contribution in [3.8, 4) is 0 Å². The van der Waals surface area contributed by atoms with E-state index in [-0.39, 0.29) is 12.6 Å². The molecule has 4 nitrogen and oxygen atoms in total. The number of hydrogen-bond acceptors (Lipinski definition) is 4. The molecule has 4 heteroatoms. The lowest BCUT2D eigenvalue weighted by atomic mass is 10.2. The SMILES string of the molecule is C(=CCCC1OCCO1)CCC1OCCO1. The number of allylic oxidation sites excluding steroid dienone is 2. The molecule has 0 aliphatic carbocycles. The molecular weight excluding hydrogens is 208 g/mol. The van der Waals surface area contributed by atoms with E-state index in [0.717, 1.165) is 52.1 Å². The molecule has 2 fully saturated rings. The molecule has 0 unspecified atom stereocenters. The van der Waals surface area contributed by atoms with Crippen molar-refractivity contribution in [1.82, 2.24) is 0 Å². The topological polar surface area (TPSA) is 36.9 Å². The van der Waals surface area contributed by atoms with Gasteiger partial charge in [0.15, 0.2) is 12.6 Å². The highest BCUT2D eigenvalue weighted by Gasteiger charge is 2.15. The largest absolute Gasteiger partial charge is 0.350 e. The van der Waals surface area contributed by atoms with Crippen molar-refractivity contribution in [2.45, 2.75) is 38.3 Å². The molecule has 0 atom stereocenters.